The van der Waals surface area contributed by atoms with E-state index in [1.54, 1.807) is 0 Å². The number of carbonyl (C=O) groups is 1. The molecule has 0 aromatic heterocycles. The summed E-state index contributed by atoms with van der Waals surface area (Å²) in [6.45, 7) is 4.01. The Balaban J connectivity index is 2.29. The highest BCUT2D eigenvalue weighted by molar-refractivity contribution is 5.96. The van der Waals surface area contributed by atoms with Crippen molar-refractivity contribution in [1.29, 1.82) is 0 Å². The second-order valence-electron chi connectivity index (χ2n) is 6.11. The molecule has 2 aromatic carbocycles. The van der Waals surface area contributed by atoms with Crippen LogP contribution in [0.4, 0.5) is 13.2 Å². The van der Waals surface area contributed by atoms with Crippen LogP contribution in [0.25, 0.3) is 0 Å². The SMILES string of the molecule is CC(C)C[C@H](NC(=O)c1ccccc1C(F)(F)F)c1ccccc1. The molecule has 128 valence electrons. The minimum atomic E-state index is -4.56. The molecule has 2 nitrogen and oxygen atoms in total. The quantitative estimate of drug-likeness (QED) is 0.797. The Bertz CT molecular complexity index is 681. The van der Waals surface area contributed by atoms with Crippen LogP contribution in [-0.2, 0) is 6.18 Å². The average molecular weight is 335 g/mol. The fourth-order valence-electron chi connectivity index (χ4n) is 2.60. The van der Waals surface area contributed by atoms with Gasteiger partial charge >= 0.3 is 6.18 Å². The summed E-state index contributed by atoms with van der Waals surface area (Å²) in [5.74, 6) is -0.425. The van der Waals surface area contributed by atoms with Crippen LogP contribution < -0.4 is 5.32 Å². The van der Waals surface area contributed by atoms with Crippen LogP contribution >= 0.6 is 0 Å². The van der Waals surface area contributed by atoms with Gasteiger partial charge in [0.15, 0.2) is 0 Å². The Morgan fingerprint density at radius 1 is 1.00 bits per heavy atom. The monoisotopic (exact) mass is 335 g/mol. The Hall–Kier alpha value is -2.30. The lowest BCUT2D eigenvalue weighted by atomic mass is 9.96. The minimum Gasteiger partial charge on any atom is -0.345 e. The zero-order chi connectivity index (χ0) is 17.7. The molecule has 1 N–H and O–H groups in total. The number of nitrogens with one attached hydrogen (secondary N) is 1. The average Bonchev–Trinajstić information content (AvgIpc) is 2.54. The van der Waals surface area contributed by atoms with E-state index in [-0.39, 0.29) is 17.5 Å². The highest BCUT2D eigenvalue weighted by Crippen LogP contribution is 2.32. The highest BCUT2D eigenvalue weighted by atomic mass is 19.4. The molecule has 24 heavy (non-hydrogen) atoms. The Morgan fingerprint density at radius 2 is 1.58 bits per heavy atom. The third kappa shape index (κ3) is 4.60. The van der Waals surface area contributed by atoms with Gasteiger partial charge in [0.2, 0.25) is 0 Å². The molecule has 0 unspecified atom stereocenters. The van der Waals surface area contributed by atoms with E-state index in [4.69, 9.17) is 0 Å². The third-order valence-corrected chi connectivity index (χ3v) is 3.69. The standard InChI is InChI=1S/C19H20F3NO/c1-13(2)12-17(14-8-4-3-5-9-14)23-18(24)15-10-6-7-11-16(15)19(20,21)22/h3-11,13,17H,12H2,1-2H3,(H,23,24)/t17-/m0/s1. The van der Waals surface area contributed by atoms with E-state index in [0.29, 0.717) is 6.42 Å². The van der Waals surface area contributed by atoms with Crippen molar-refractivity contribution in [3.63, 3.8) is 0 Å². The summed E-state index contributed by atoms with van der Waals surface area (Å²) in [6, 6.07) is 13.8. The number of carbonyl (C=O) groups excluding carboxylic acids is 1. The van der Waals surface area contributed by atoms with E-state index in [1.165, 1.54) is 18.2 Å². The Kier molecular flexibility index (Phi) is 5.65. The first-order chi connectivity index (χ1) is 11.3. The van der Waals surface area contributed by atoms with Crippen LogP contribution in [0.3, 0.4) is 0 Å². The van der Waals surface area contributed by atoms with Gasteiger partial charge in [-0.25, -0.2) is 0 Å². The molecule has 0 radical (unpaired) electrons. The van der Waals surface area contributed by atoms with Crippen LogP contribution in [-0.4, -0.2) is 5.91 Å². The first kappa shape index (κ1) is 18.0. The zero-order valence-corrected chi connectivity index (χ0v) is 13.6. The van der Waals surface area contributed by atoms with E-state index < -0.39 is 17.6 Å². The summed E-state index contributed by atoms with van der Waals surface area (Å²) in [4.78, 5) is 12.5. The Morgan fingerprint density at radius 3 is 2.17 bits per heavy atom. The van der Waals surface area contributed by atoms with Crippen LogP contribution in [0.1, 0.15) is 47.8 Å². The summed E-state index contributed by atoms with van der Waals surface area (Å²) < 4.78 is 39.3. The number of amides is 1. The van der Waals surface area contributed by atoms with Crippen LogP contribution in [0.5, 0.6) is 0 Å². The number of hydrogen-bond acceptors (Lipinski definition) is 1. The van der Waals surface area contributed by atoms with Gasteiger partial charge in [0.25, 0.3) is 5.91 Å². The van der Waals surface area contributed by atoms with Gasteiger partial charge in [-0.1, -0.05) is 56.3 Å². The number of halogens is 3. The lowest BCUT2D eigenvalue weighted by molar-refractivity contribution is -0.137. The van der Waals surface area contributed by atoms with Crippen molar-refractivity contribution in [3.05, 3.63) is 71.3 Å². The fraction of sp³-hybridized carbons (Fsp3) is 0.316. The normalized spacial score (nSPS) is 12.9. The highest BCUT2D eigenvalue weighted by Gasteiger charge is 2.35. The molecule has 1 amide bonds. The van der Waals surface area contributed by atoms with E-state index in [2.05, 4.69) is 5.32 Å². The number of alkyl halides is 3. The van der Waals surface area contributed by atoms with Gasteiger partial charge in [-0.05, 0) is 30.0 Å². The summed E-state index contributed by atoms with van der Waals surface area (Å²) in [5, 5.41) is 2.75. The van der Waals surface area contributed by atoms with Crippen molar-refractivity contribution in [2.45, 2.75) is 32.5 Å². The van der Waals surface area contributed by atoms with E-state index >= 15 is 0 Å². The van der Waals surface area contributed by atoms with Crippen molar-refractivity contribution in [2.24, 2.45) is 5.92 Å². The maximum absolute atomic E-state index is 13.1. The summed E-state index contributed by atoms with van der Waals surface area (Å²) >= 11 is 0. The third-order valence-electron chi connectivity index (χ3n) is 3.69. The van der Waals surface area contributed by atoms with Crippen LogP contribution in [0.2, 0.25) is 0 Å². The number of hydrogen-bond donors (Lipinski definition) is 1. The van der Waals surface area contributed by atoms with Gasteiger partial charge in [0.05, 0.1) is 17.2 Å². The lowest BCUT2D eigenvalue weighted by Gasteiger charge is -2.22. The van der Waals surface area contributed by atoms with Crippen molar-refractivity contribution < 1.29 is 18.0 Å². The van der Waals surface area contributed by atoms with Crippen LogP contribution in [0.15, 0.2) is 54.6 Å². The summed E-state index contributed by atoms with van der Waals surface area (Å²) in [7, 11) is 0. The molecule has 0 spiro atoms. The van der Waals surface area contributed by atoms with Gasteiger partial charge in [-0.3, -0.25) is 4.79 Å². The van der Waals surface area contributed by atoms with E-state index in [1.807, 2.05) is 44.2 Å². The molecule has 2 aromatic rings. The summed E-state index contributed by atoms with van der Waals surface area (Å²) in [5.41, 5.74) is -0.391. The number of rotatable bonds is 5. The molecule has 1 atom stereocenters. The van der Waals surface area contributed by atoms with Crippen molar-refractivity contribution in [3.8, 4) is 0 Å². The Labute approximate surface area is 139 Å². The zero-order valence-electron chi connectivity index (χ0n) is 13.6. The molecule has 0 heterocycles. The molecule has 2 rings (SSSR count). The second-order valence-corrected chi connectivity index (χ2v) is 6.11. The van der Waals surface area contributed by atoms with Crippen LogP contribution in [0, 0.1) is 5.92 Å². The molecule has 0 aliphatic rings. The molecular weight excluding hydrogens is 315 g/mol. The van der Waals surface area contributed by atoms with Crippen molar-refractivity contribution in [1.82, 2.24) is 5.32 Å². The molecule has 0 saturated heterocycles. The van der Waals surface area contributed by atoms with Gasteiger partial charge < -0.3 is 5.32 Å². The lowest BCUT2D eigenvalue weighted by Crippen LogP contribution is -2.31. The predicted octanol–water partition coefficient (Wildman–Crippen LogP) is 5.22. The van der Waals surface area contributed by atoms with Gasteiger partial charge in [0, 0.05) is 0 Å². The molecule has 0 aliphatic heterocycles. The van der Waals surface area contributed by atoms with Gasteiger partial charge in [0.1, 0.15) is 0 Å². The molecule has 0 bridgehead atoms. The molecule has 0 fully saturated rings. The fourth-order valence-corrected chi connectivity index (χ4v) is 2.60. The number of benzene rings is 2. The summed E-state index contributed by atoms with van der Waals surface area (Å²) in [6.07, 6.45) is -3.92. The molecule has 0 saturated carbocycles. The van der Waals surface area contributed by atoms with E-state index in [0.717, 1.165) is 11.6 Å². The largest absolute Gasteiger partial charge is 0.417 e. The first-order valence-electron chi connectivity index (χ1n) is 7.81. The minimum absolute atomic E-state index is 0.286. The first-order valence-corrected chi connectivity index (χ1v) is 7.81. The molecular formula is C19H20F3NO. The maximum Gasteiger partial charge on any atom is 0.417 e. The molecule has 5 heteroatoms. The van der Waals surface area contributed by atoms with E-state index in [9.17, 15) is 18.0 Å². The molecule has 0 aliphatic carbocycles. The second kappa shape index (κ2) is 7.51. The maximum atomic E-state index is 13.1. The predicted molar refractivity (Wildman–Crippen MR) is 87.5 cm³/mol. The van der Waals surface area contributed by atoms with Crippen molar-refractivity contribution >= 4 is 5.91 Å². The van der Waals surface area contributed by atoms with Crippen molar-refractivity contribution in [2.75, 3.05) is 0 Å². The van der Waals surface area contributed by atoms with Gasteiger partial charge in [-0.15, -0.1) is 0 Å². The van der Waals surface area contributed by atoms with Gasteiger partial charge in [-0.2, -0.15) is 13.2 Å². The smallest absolute Gasteiger partial charge is 0.345 e. The topological polar surface area (TPSA) is 29.1 Å².